The van der Waals surface area contributed by atoms with Crippen molar-refractivity contribution in [2.75, 3.05) is 24.6 Å². The van der Waals surface area contributed by atoms with E-state index in [-0.39, 0.29) is 0 Å². The van der Waals surface area contributed by atoms with Crippen LogP contribution in [0, 0.1) is 5.92 Å². The van der Waals surface area contributed by atoms with Crippen LogP contribution < -0.4 is 5.32 Å². The Morgan fingerprint density at radius 3 is 3.14 bits per heavy atom. The van der Waals surface area contributed by atoms with Crippen molar-refractivity contribution in [3.63, 3.8) is 0 Å². The molecule has 0 radical (unpaired) electrons. The minimum absolute atomic E-state index is 0.732. The third-order valence-electron chi connectivity index (χ3n) is 2.74. The SMILES string of the molecule is CCC1CN=C(NCC2CCSC2)S1. The van der Waals surface area contributed by atoms with E-state index in [9.17, 15) is 0 Å². The van der Waals surface area contributed by atoms with Crippen molar-refractivity contribution in [2.45, 2.75) is 25.0 Å². The van der Waals surface area contributed by atoms with Crippen molar-refractivity contribution in [3.05, 3.63) is 0 Å². The molecule has 0 spiro atoms. The van der Waals surface area contributed by atoms with E-state index in [1.807, 2.05) is 11.8 Å². The van der Waals surface area contributed by atoms with E-state index >= 15 is 0 Å². The Labute approximate surface area is 94.7 Å². The van der Waals surface area contributed by atoms with Crippen molar-refractivity contribution in [3.8, 4) is 0 Å². The molecule has 0 amide bonds. The summed E-state index contributed by atoms with van der Waals surface area (Å²) in [6.45, 7) is 4.39. The lowest BCUT2D eigenvalue weighted by Crippen LogP contribution is -2.26. The summed E-state index contributed by atoms with van der Waals surface area (Å²) in [4.78, 5) is 4.51. The van der Waals surface area contributed by atoms with E-state index in [1.165, 1.54) is 29.5 Å². The highest BCUT2D eigenvalue weighted by molar-refractivity contribution is 8.14. The Morgan fingerprint density at radius 1 is 1.57 bits per heavy atom. The van der Waals surface area contributed by atoms with Gasteiger partial charge < -0.3 is 5.32 Å². The Morgan fingerprint density at radius 2 is 2.50 bits per heavy atom. The lowest BCUT2D eigenvalue weighted by molar-refractivity contribution is 0.583. The average molecular weight is 230 g/mol. The van der Waals surface area contributed by atoms with Crippen LogP contribution in [-0.4, -0.2) is 35.0 Å². The van der Waals surface area contributed by atoms with Crippen LogP contribution in [0.1, 0.15) is 19.8 Å². The Hall–Kier alpha value is 0.170. The molecule has 0 bridgehead atoms. The van der Waals surface area contributed by atoms with Gasteiger partial charge in [0.25, 0.3) is 0 Å². The molecule has 2 aliphatic heterocycles. The quantitative estimate of drug-likeness (QED) is 0.804. The van der Waals surface area contributed by atoms with E-state index in [4.69, 9.17) is 0 Å². The summed E-state index contributed by atoms with van der Waals surface area (Å²) >= 11 is 4.01. The van der Waals surface area contributed by atoms with Gasteiger partial charge in [-0.05, 0) is 30.3 Å². The lowest BCUT2D eigenvalue weighted by Gasteiger charge is -2.10. The zero-order chi connectivity index (χ0) is 9.80. The molecule has 0 saturated carbocycles. The van der Waals surface area contributed by atoms with Gasteiger partial charge in [-0.15, -0.1) is 0 Å². The molecule has 2 unspecified atom stereocenters. The summed E-state index contributed by atoms with van der Waals surface area (Å²) in [6.07, 6.45) is 2.62. The third-order valence-corrected chi connectivity index (χ3v) is 5.28. The van der Waals surface area contributed by atoms with Gasteiger partial charge in [0.05, 0.1) is 6.54 Å². The van der Waals surface area contributed by atoms with Gasteiger partial charge in [0.2, 0.25) is 0 Å². The minimum atomic E-state index is 0.732. The van der Waals surface area contributed by atoms with Crippen LogP contribution in [-0.2, 0) is 0 Å². The summed E-state index contributed by atoms with van der Waals surface area (Å²) in [5, 5.41) is 5.41. The maximum Gasteiger partial charge on any atom is 0.156 e. The first-order valence-corrected chi connectivity index (χ1v) is 7.44. The fourth-order valence-electron chi connectivity index (χ4n) is 1.70. The average Bonchev–Trinajstić information content (AvgIpc) is 2.86. The molecule has 2 rings (SSSR count). The maximum atomic E-state index is 4.51. The van der Waals surface area contributed by atoms with Crippen LogP contribution in [0.4, 0.5) is 0 Å². The van der Waals surface area contributed by atoms with E-state index in [1.54, 1.807) is 0 Å². The molecule has 1 N–H and O–H groups in total. The van der Waals surface area contributed by atoms with Crippen molar-refractivity contribution in [2.24, 2.45) is 10.9 Å². The third kappa shape index (κ3) is 2.83. The summed E-state index contributed by atoms with van der Waals surface area (Å²) < 4.78 is 0. The highest BCUT2D eigenvalue weighted by Crippen LogP contribution is 2.25. The van der Waals surface area contributed by atoms with E-state index < -0.39 is 0 Å². The molecule has 1 saturated heterocycles. The lowest BCUT2D eigenvalue weighted by atomic mass is 10.1. The van der Waals surface area contributed by atoms with Crippen LogP contribution in [0.2, 0.25) is 0 Å². The maximum absolute atomic E-state index is 4.51. The molecule has 2 atom stereocenters. The highest BCUT2D eigenvalue weighted by Gasteiger charge is 2.20. The molecular weight excluding hydrogens is 212 g/mol. The van der Waals surface area contributed by atoms with Gasteiger partial charge in [-0.1, -0.05) is 18.7 Å². The molecule has 0 aromatic heterocycles. The number of nitrogens with zero attached hydrogens (tertiary/aromatic N) is 1. The number of amidine groups is 1. The number of hydrogen-bond acceptors (Lipinski definition) is 4. The van der Waals surface area contributed by atoms with Gasteiger partial charge in [-0.25, -0.2) is 0 Å². The molecule has 0 aliphatic carbocycles. The molecule has 0 aromatic rings. The predicted octanol–water partition coefficient (Wildman–Crippen LogP) is 2.21. The normalized spacial score (nSPS) is 31.9. The fourth-order valence-corrected chi connectivity index (χ4v) is 3.93. The highest BCUT2D eigenvalue weighted by atomic mass is 32.2. The number of hydrogen-bond donors (Lipinski definition) is 1. The number of thioether (sulfide) groups is 2. The monoisotopic (exact) mass is 230 g/mol. The molecule has 14 heavy (non-hydrogen) atoms. The van der Waals surface area contributed by atoms with Crippen molar-refractivity contribution >= 4 is 28.7 Å². The van der Waals surface area contributed by atoms with Crippen LogP contribution in [0.3, 0.4) is 0 Å². The summed E-state index contributed by atoms with van der Waals surface area (Å²) in [6, 6.07) is 0. The van der Waals surface area contributed by atoms with Crippen molar-refractivity contribution in [1.29, 1.82) is 0 Å². The topological polar surface area (TPSA) is 24.4 Å². The van der Waals surface area contributed by atoms with Crippen LogP contribution >= 0.6 is 23.5 Å². The van der Waals surface area contributed by atoms with E-state index in [0.717, 1.165) is 24.3 Å². The molecule has 0 aromatic carbocycles. The van der Waals surface area contributed by atoms with Gasteiger partial charge in [0.15, 0.2) is 5.17 Å². The first-order chi connectivity index (χ1) is 6.88. The number of nitrogens with one attached hydrogen (secondary N) is 1. The fraction of sp³-hybridized carbons (Fsp3) is 0.900. The predicted molar refractivity (Wildman–Crippen MR) is 67.4 cm³/mol. The van der Waals surface area contributed by atoms with Crippen LogP contribution in [0.25, 0.3) is 0 Å². The summed E-state index contributed by atoms with van der Waals surface area (Å²) in [5.41, 5.74) is 0. The molecule has 1 fully saturated rings. The van der Waals surface area contributed by atoms with Gasteiger partial charge in [-0.3, -0.25) is 4.99 Å². The smallest absolute Gasteiger partial charge is 0.156 e. The van der Waals surface area contributed by atoms with Gasteiger partial charge >= 0.3 is 0 Å². The summed E-state index contributed by atoms with van der Waals surface area (Å²) in [7, 11) is 0. The molecule has 4 heteroatoms. The Kier molecular flexibility index (Phi) is 4.05. The minimum Gasteiger partial charge on any atom is -0.365 e. The van der Waals surface area contributed by atoms with Crippen molar-refractivity contribution in [1.82, 2.24) is 5.32 Å². The zero-order valence-electron chi connectivity index (χ0n) is 8.66. The first kappa shape index (κ1) is 10.7. The van der Waals surface area contributed by atoms with Crippen LogP contribution in [0.15, 0.2) is 4.99 Å². The van der Waals surface area contributed by atoms with Gasteiger partial charge in [-0.2, -0.15) is 11.8 Å². The molecule has 2 heterocycles. The van der Waals surface area contributed by atoms with Crippen molar-refractivity contribution < 1.29 is 0 Å². The second-order valence-corrected chi connectivity index (χ2v) is 6.34. The molecule has 80 valence electrons. The number of rotatable bonds is 3. The van der Waals surface area contributed by atoms with Gasteiger partial charge in [0.1, 0.15) is 0 Å². The Bertz CT molecular complexity index is 212. The number of aliphatic imine (C=N–C) groups is 1. The summed E-state index contributed by atoms with van der Waals surface area (Å²) in [5.74, 6) is 3.56. The largest absolute Gasteiger partial charge is 0.365 e. The molecule has 2 nitrogen and oxygen atoms in total. The first-order valence-electron chi connectivity index (χ1n) is 5.41. The zero-order valence-corrected chi connectivity index (χ0v) is 10.3. The Balaban J connectivity index is 1.66. The molecule has 2 aliphatic rings. The second-order valence-electron chi connectivity index (χ2n) is 3.90. The van der Waals surface area contributed by atoms with E-state index in [2.05, 4.69) is 29.0 Å². The van der Waals surface area contributed by atoms with Gasteiger partial charge in [0, 0.05) is 11.8 Å². The van der Waals surface area contributed by atoms with E-state index in [0.29, 0.717) is 0 Å². The standard InChI is InChI=1S/C10H18N2S2/c1-2-9-6-12-10(14-9)11-5-8-3-4-13-7-8/h8-9H,2-7H2,1H3,(H,11,12). The van der Waals surface area contributed by atoms with Crippen LogP contribution in [0.5, 0.6) is 0 Å². The molecular formula is C10H18N2S2. The second kappa shape index (κ2) is 5.31.